The van der Waals surface area contributed by atoms with E-state index in [1.54, 1.807) is 29.3 Å². The van der Waals surface area contributed by atoms with Gasteiger partial charge in [0.25, 0.3) is 0 Å². The van der Waals surface area contributed by atoms with E-state index in [0.29, 0.717) is 24.5 Å². The van der Waals surface area contributed by atoms with Crippen LogP contribution in [-0.4, -0.2) is 39.6 Å². The Bertz CT molecular complexity index is 1310. The zero-order valence-corrected chi connectivity index (χ0v) is 21.4. The fraction of sp³-hybridized carbons (Fsp3) is 0.241. The third-order valence-electron chi connectivity index (χ3n) is 6.34. The standard InChI is InChI=1S/C29H28N4O3S/c1-2-17-36-23-15-13-22(14-16-23)32-27(34)19-26(28(32)35)37-29(30)33-25(21-11-7-4-8-12-21)18-24(31-33)20-9-5-3-6-10-20/h3-16,25-26,30H,2,17-19H2,1H3/t25-,26+/m1/s1. The summed E-state index contributed by atoms with van der Waals surface area (Å²) in [4.78, 5) is 27.3. The van der Waals surface area contributed by atoms with Gasteiger partial charge in [-0.3, -0.25) is 15.0 Å². The highest BCUT2D eigenvalue weighted by atomic mass is 32.2. The molecule has 37 heavy (non-hydrogen) atoms. The van der Waals surface area contributed by atoms with Gasteiger partial charge in [-0.2, -0.15) is 5.10 Å². The van der Waals surface area contributed by atoms with Crippen molar-refractivity contribution in [1.29, 1.82) is 5.41 Å². The Kier molecular flexibility index (Phi) is 7.37. The van der Waals surface area contributed by atoms with Crippen molar-refractivity contribution in [3.63, 3.8) is 0 Å². The quantitative estimate of drug-likeness (QED) is 0.252. The van der Waals surface area contributed by atoms with E-state index in [0.717, 1.165) is 35.0 Å². The number of amidine groups is 1. The number of nitrogens with one attached hydrogen (secondary N) is 1. The van der Waals surface area contributed by atoms with Crippen LogP contribution in [0.3, 0.4) is 0 Å². The van der Waals surface area contributed by atoms with E-state index in [1.807, 2.05) is 67.6 Å². The second-order valence-corrected chi connectivity index (χ2v) is 10.1. The zero-order valence-electron chi connectivity index (χ0n) is 20.5. The second-order valence-electron chi connectivity index (χ2n) is 8.91. The average molecular weight is 513 g/mol. The largest absolute Gasteiger partial charge is 0.494 e. The third kappa shape index (κ3) is 5.29. The lowest BCUT2D eigenvalue weighted by Gasteiger charge is -2.24. The van der Waals surface area contributed by atoms with E-state index in [2.05, 4.69) is 0 Å². The van der Waals surface area contributed by atoms with Gasteiger partial charge in [-0.15, -0.1) is 0 Å². The number of hydrogen-bond acceptors (Lipinski definition) is 6. The van der Waals surface area contributed by atoms with Gasteiger partial charge in [-0.05, 0) is 41.8 Å². The molecule has 0 radical (unpaired) electrons. The number of benzene rings is 3. The van der Waals surface area contributed by atoms with Gasteiger partial charge in [0.05, 0.1) is 24.0 Å². The molecular formula is C29H28N4O3S. The molecule has 2 aliphatic rings. The van der Waals surface area contributed by atoms with Crippen LogP contribution >= 0.6 is 11.8 Å². The number of thioether (sulfide) groups is 1. The van der Waals surface area contributed by atoms with Crippen molar-refractivity contribution in [1.82, 2.24) is 5.01 Å². The molecule has 1 saturated heterocycles. The summed E-state index contributed by atoms with van der Waals surface area (Å²) in [5.41, 5.74) is 3.46. The van der Waals surface area contributed by atoms with E-state index in [9.17, 15) is 9.59 Å². The van der Waals surface area contributed by atoms with Gasteiger partial charge in [0.2, 0.25) is 11.8 Å². The van der Waals surface area contributed by atoms with Gasteiger partial charge >= 0.3 is 0 Å². The molecule has 7 nitrogen and oxygen atoms in total. The van der Waals surface area contributed by atoms with Gasteiger partial charge in [0.15, 0.2) is 5.17 Å². The second kappa shape index (κ2) is 11.0. The van der Waals surface area contributed by atoms with E-state index in [1.165, 1.54) is 4.90 Å². The van der Waals surface area contributed by atoms with Crippen molar-refractivity contribution < 1.29 is 14.3 Å². The monoisotopic (exact) mass is 512 g/mol. The van der Waals surface area contributed by atoms with Gasteiger partial charge in [0.1, 0.15) is 11.0 Å². The fourth-order valence-electron chi connectivity index (χ4n) is 4.50. The molecule has 2 atom stereocenters. The number of rotatable bonds is 7. The molecule has 0 spiro atoms. The van der Waals surface area contributed by atoms with Crippen molar-refractivity contribution in [2.75, 3.05) is 11.5 Å². The lowest BCUT2D eigenvalue weighted by Crippen LogP contribution is -2.32. The number of anilines is 1. The zero-order chi connectivity index (χ0) is 25.8. The minimum atomic E-state index is -0.677. The molecule has 2 aliphatic heterocycles. The van der Waals surface area contributed by atoms with Crippen LogP contribution in [0.4, 0.5) is 5.69 Å². The number of imide groups is 1. The summed E-state index contributed by atoms with van der Waals surface area (Å²) in [5, 5.41) is 14.8. The number of ether oxygens (including phenoxy) is 1. The molecule has 0 aromatic heterocycles. The highest BCUT2D eigenvalue weighted by molar-refractivity contribution is 8.14. The molecule has 3 aromatic rings. The van der Waals surface area contributed by atoms with Crippen LogP contribution in [0.2, 0.25) is 0 Å². The summed E-state index contributed by atoms with van der Waals surface area (Å²) >= 11 is 1.09. The van der Waals surface area contributed by atoms with Crippen LogP contribution in [0.15, 0.2) is 90.0 Å². The molecule has 5 rings (SSSR count). The van der Waals surface area contributed by atoms with Crippen molar-refractivity contribution in [3.8, 4) is 5.75 Å². The first kappa shape index (κ1) is 24.8. The van der Waals surface area contributed by atoms with Crippen LogP contribution in [0, 0.1) is 5.41 Å². The molecule has 2 heterocycles. The van der Waals surface area contributed by atoms with Crippen molar-refractivity contribution in [3.05, 3.63) is 96.1 Å². The predicted molar refractivity (Wildman–Crippen MR) is 147 cm³/mol. The minimum Gasteiger partial charge on any atom is -0.494 e. The smallest absolute Gasteiger partial charge is 0.247 e. The molecule has 1 N–H and O–H groups in total. The Hall–Kier alpha value is -3.91. The number of carbonyl (C=O) groups is 2. The summed E-state index contributed by atoms with van der Waals surface area (Å²) in [6.07, 6.45) is 1.58. The highest BCUT2D eigenvalue weighted by Crippen LogP contribution is 2.37. The Morgan fingerprint density at radius 1 is 0.973 bits per heavy atom. The van der Waals surface area contributed by atoms with Gasteiger partial charge in [-0.1, -0.05) is 79.3 Å². The van der Waals surface area contributed by atoms with E-state index >= 15 is 0 Å². The van der Waals surface area contributed by atoms with E-state index < -0.39 is 5.25 Å². The molecule has 3 aromatic carbocycles. The summed E-state index contributed by atoms with van der Waals surface area (Å²) in [5.74, 6) is 0.113. The number of amides is 2. The molecule has 8 heteroatoms. The number of hydrogen-bond donors (Lipinski definition) is 1. The minimum absolute atomic E-state index is 0.0407. The average Bonchev–Trinajstić information content (AvgIpc) is 3.50. The topological polar surface area (TPSA) is 86.1 Å². The molecule has 0 saturated carbocycles. The van der Waals surface area contributed by atoms with Gasteiger partial charge < -0.3 is 4.74 Å². The first-order chi connectivity index (χ1) is 18.0. The summed E-state index contributed by atoms with van der Waals surface area (Å²) < 4.78 is 5.61. The molecule has 188 valence electrons. The Labute approximate surface area is 220 Å². The van der Waals surface area contributed by atoms with Crippen LogP contribution in [-0.2, 0) is 9.59 Å². The van der Waals surface area contributed by atoms with Gasteiger partial charge in [-0.25, -0.2) is 9.91 Å². The van der Waals surface area contributed by atoms with Crippen molar-refractivity contribution in [2.45, 2.75) is 37.5 Å². The molecule has 0 aliphatic carbocycles. The lowest BCUT2D eigenvalue weighted by atomic mass is 9.99. The first-order valence-corrected chi connectivity index (χ1v) is 13.2. The van der Waals surface area contributed by atoms with Crippen molar-refractivity contribution in [2.24, 2.45) is 5.10 Å². The maximum atomic E-state index is 13.3. The predicted octanol–water partition coefficient (Wildman–Crippen LogP) is 5.63. The van der Waals surface area contributed by atoms with Gasteiger partial charge in [0, 0.05) is 12.8 Å². The number of hydrazone groups is 1. The SMILES string of the molecule is CCCOc1ccc(N2C(=O)C[C@H](SC(=N)N3N=C(c4ccccc4)C[C@@H]3c3ccccc3)C2=O)cc1. The number of nitrogens with zero attached hydrogens (tertiary/aromatic N) is 3. The van der Waals surface area contributed by atoms with Crippen LogP contribution in [0.5, 0.6) is 5.75 Å². The Morgan fingerprint density at radius 2 is 1.65 bits per heavy atom. The molecule has 1 fully saturated rings. The number of carbonyl (C=O) groups excluding carboxylic acids is 2. The summed E-state index contributed by atoms with van der Waals surface area (Å²) in [7, 11) is 0. The van der Waals surface area contributed by atoms with Crippen LogP contribution < -0.4 is 9.64 Å². The normalized spacial score (nSPS) is 19.3. The lowest BCUT2D eigenvalue weighted by molar-refractivity contribution is -0.121. The Balaban J connectivity index is 1.33. The van der Waals surface area contributed by atoms with Crippen LogP contribution in [0.1, 0.15) is 43.4 Å². The molecule has 0 bridgehead atoms. The van der Waals surface area contributed by atoms with Crippen LogP contribution in [0.25, 0.3) is 0 Å². The summed E-state index contributed by atoms with van der Waals surface area (Å²) in [6.45, 7) is 2.64. The summed E-state index contributed by atoms with van der Waals surface area (Å²) in [6, 6.07) is 26.7. The third-order valence-corrected chi connectivity index (χ3v) is 7.40. The highest BCUT2D eigenvalue weighted by Gasteiger charge is 2.42. The maximum Gasteiger partial charge on any atom is 0.247 e. The molecule has 2 amide bonds. The molecular weight excluding hydrogens is 484 g/mol. The molecule has 0 unspecified atom stereocenters. The van der Waals surface area contributed by atoms with E-state index in [4.69, 9.17) is 15.2 Å². The maximum absolute atomic E-state index is 13.3. The first-order valence-electron chi connectivity index (χ1n) is 12.4. The van der Waals surface area contributed by atoms with E-state index in [-0.39, 0.29) is 29.4 Å². The van der Waals surface area contributed by atoms with Crippen molar-refractivity contribution >= 4 is 40.1 Å². The Morgan fingerprint density at radius 3 is 2.32 bits per heavy atom. The fourth-order valence-corrected chi connectivity index (χ4v) is 5.48.